The number of primary sulfonamides is 1. The second-order valence-electron chi connectivity index (χ2n) is 3.05. The normalized spacial score (nSPS) is 15.1. The minimum Gasteiger partial charge on any atom is -0.348 e. The van der Waals surface area contributed by atoms with Crippen molar-refractivity contribution >= 4 is 15.9 Å². The Morgan fingerprint density at radius 1 is 1.36 bits per heavy atom. The van der Waals surface area contributed by atoms with Crippen molar-refractivity contribution in [2.75, 3.05) is 0 Å². The maximum absolute atomic E-state index is 11.2. The van der Waals surface area contributed by atoms with Crippen molar-refractivity contribution in [2.45, 2.75) is 11.4 Å². The number of rotatable bonds is 1. The maximum Gasteiger partial charge on any atom is 0.251 e. The Bertz CT molecular complexity index is 507. The fourth-order valence-corrected chi connectivity index (χ4v) is 1.91. The molecule has 0 atom stereocenters. The molecule has 0 saturated heterocycles. The zero-order chi connectivity index (χ0) is 10.3. The highest BCUT2D eigenvalue weighted by Gasteiger charge is 2.20. The number of hydrogen-bond acceptors (Lipinski definition) is 3. The molecule has 0 aromatic heterocycles. The lowest BCUT2D eigenvalue weighted by molar-refractivity contribution is 0.0965. The first-order valence-corrected chi connectivity index (χ1v) is 5.47. The molecule has 1 aromatic carbocycles. The van der Waals surface area contributed by atoms with Crippen LogP contribution in [0.3, 0.4) is 0 Å². The number of carbonyl (C=O) groups excluding carboxylic acids is 1. The van der Waals surface area contributed by atoms with Crippen LogP contribution in [0.5, 0.6) is 0 Å². The van der Waals surface area contributed by atoms with Crippen LogP contribution >= 0.6 is 0 Å². The smallest absolute Gasteiger partial charge is 0.251 e. The summed E-state index contributed by atoms with van der Waals surface area (Å²) in [7, 11) is -3.73. The van der Waals surface area contributed by atoms with E-state index >= 15 is 0 Å². The SMILES string of the molecule is NS(=O)(=O)c1ccc2c(c1)C(=O)NC2. The van der Waals surface area contributed by atoms with E-state index < -0.39 is 10.0 Å². The standard InChI is InChI=1S/C8H8N2O3S/c9-14(12,13)6-2-1-5-4-10-8(11)7(5)3-6/h1-3H,4H2,(H,10,11)(H2,9,12,13). The Morgan fingerprint density at radius 3 is 2.71 bits per heavy atom. The second-order valence-corrected chi connectivity index (χ2v) is 4.61. The first-order chi connectivity index (χ1) is 6.48. The zero-order valence-corrected chi connectivity index (χ0v) is 7.97. The van der Waals surface area contributed by atoms with Crippen LogP contribution in [0.4, 0.5) is 0 Å². The molecule has 74 valence electrons. The van der Waals surface area contributed by atoms with Gasteiger partial charge in [0.2, 0.25) is 10.0 Å². The molecule has 0 spiro atoms. The summed E-state index contributed by atoms with van der Waals surface area (Å²) in [5, 5.41) is 7.53. The van der Waals surface area contributed by atoms with Crippen molar-refractivity contribution in [3.63, 3.8) is 0 Å². The van der Waals surface area contributed by atoms with E-state index in [1.54, 1.807) is 6.07 Å². The van der Waals surface area contributed by atoms with Crippen LogP contribution < -0.4 is 10.5 Å². The van der Waals surface area contributed by atoms with E-state index in [0.717, 1.165) is 5.56 Å². The second kappa shape index (κ2) is 2.79. The lowest BCUT2D eigenvalue weighted by Gasteiger charge is -1.99. The molecule has 0 unspecified atom stereocenters. The minimum atomic E-state index is -3.73. The Labute approximate surface area is 81.0 Å². The molecule has 0 saturated carbocycles. The van der Waals surface area contributed by atoms with Gasteiger partial charge in [-0.15, -0.1) is 0 Å². The highest BCUT2D eigenvalue weighted by Crippen LogP contribution is 2.18. The van der Waals surface area contributed by atoms with E-state index in [2.05, 4.69) is 5.32 Å². The van der Waals surface area contributed by atoms with Crippen LogP contribution in [0.15, 0.2) is 23.1 Å². The van der Waals surface area contributed by atoms with Gasteiger partial charge in [-0.3, -0.25) is 4.79 Å². The molecule has 1 aliphatic heterocycles. The van der Waals surface area contributed by atoms with Gasteiger partial charge < -0.3 is 5.32 Å². The number of fused-ring (bicyclic) bond motifs is 1. The molecule has 1 aromatic rings. The molecule has 0 bridgehead atoms. The lowest BCUT2D eigenvalue weighted by atomic mass is 10.1. The van der Waals surface area contributed by atoms with E-state index in [0.29, 0.717) is 12.1 Å². The molecule has 5 nitrogen and oxygen atoms in total. The average Bonchev–Trinajstić information content (AvgIpc) is 2.46. The van der Waals surface area contributed by atoms with Crippen molar-refractivity contribution in [1.29, 1.82) is 0 Å². The quantitative estimate of drug-likeness (QED) is 0.662. The van der Waals surface area contributed by atoms with Crippen LogP contribution in [0, 0.1) is 0 Å². The maximum atomic E-state index is 11.2. The van der Waals surface area contributed by atoms with Crippen LogP contribution in [0.1, 0.15) is 15.9 Å². The van der Waals surface area contributed by atoms with Gasteiger partial charge in [-0.2, -0.15) is 0 Å². The average molecular weight is 212 g/mol. The first-order valence-electron chi connectivity index (χ1n) is 3.92. The van der Waals surface area contributed by atoms with Gasteiger partial charge in [0, 0.05) is 12.1 Å². The van der Waals surface area contributed by atoms with Gasteiger partial charge >= 0.3 is 0 Å². The summed E-state index contributed by atoms with van der Waals surface area (Å²) in [6.07, 6.45) is 0. The molecule has 2 rings (SSSR count). The third-order valence-corrected chi connectivity index (χ3v) is 3.00. The van der Waals surface area contributed by atoms with E-state index in [1.165, 1.54) is 12.1 Å². The number of nitrogens with two attached hydrogens (primary N) is 1. The van der Waals surface area contributed by atoms with Crippen LogP contribution in [-0.2, 0) is 16.6 Å². The van der Waals surface area contributed by atoms with Gasteiger partial charge in [0.1, 0.15) is 0 Å². The summed E-state index contributed by atoms with van der Waals surface area (Å²) in [6.45, 7) is 0.444. The molecule has 1 aliphatic rings. The third kappa shape index (κ3) is 1.38. The van der Waals surface area contributed by atoms with Gasteiger partial charge in [0.15, 0.2) is 0 Å². The summed E-state index contributed by atoms with van der Waals surface area (Å²) >= 11 is 0. The number of sulfonamides is 1. The van der Waals surface area contributed by atoms with Crippen LogP contribution in [0.2, 0.25) is 0 Å². The molecule has 1 amide bonds. The molecule has 14 heavy (non-hydrogen) atoms. The van der Waals surface area contributed by atoms with Gasteiger partial charge in [-0.05, 0) is 17.7 Å². The van der Waals surface area contributed by atoms with Crippen molar-refractivity contribution < 1.29 is 13.2 Å². The predicted molar refractivity (Wildman–Crippen MR) is 49.0 cm³/mol. The van der Waals surface area contributed by atoms with Gasteiger partial charge in [-0.25, -0.2) is 13.6 Å². The van der Waals surface area contributed by atoms with Crippen molar-refractivity contribution in [3.8, 4) is 0 Å². The van der Waals surface area contributed by atoms with Crippen LogP contribution in [0.25, 0.3) is 0 Å². The van der Waals surface area contributed by atoms with Crippen molar-refractivity contribution in [2.24, 2.45) is 5.14 Å². The number of carbonyl (C=O) groups is 1. The molecule has 0 aliphatic carbocycles. The van der Waals surface area contributed by atoms with E-state index in [4.69, 9.17) is 5.14 Å². The number of nitrogens with one attached hydrogen (secondary N) is 1. The summed E-state index contributed by atoms with van der Waals surface area (Å²) in [5.41, 5.74) is 1.18. The molecule has 0 radical (unpaired) electrons. The Morgan fingerprint density at radius 2 is 2.07 bits per heavy atom. The number of amides is 1. The van der Waals surface area contributed by atoms with Gasteiger partial charge in [0.25, 0.3) is 5.91 Å². The molecule has 0 fully saturated rings. The Balaban J connectivity index is 2.61. The van der Waals surface area contributed by atoms with E-state index in [-0.39, 0.29) is 10.8 Å². The number of benzene rings is 1. The van der Waals surface area contributed by atoms with Crippen LogP contribution in [-0.4, -0.2) is 14.3 Å². The summed E-state index contributed by atoms with van der Waals surface area (Å²) in [6, 6.07) is 4.29. The Hall–Kier alpha value is -1.40. The summed E-state index contributed by atoms with van der Waals surface area (Å²) < 4.78 is 22.0. The topological polar surface area (TPSA) is 89.3 Å². The fourth-order valence-electron chi connectivity index (χ4n) is 1.37. The third-order valence-electron chi connectivity index (χ3n) is 2.09. The molecule has 6 heteroatoms. The highest BCUT2D eigenvalue weighted by atomic mass is 32.2. The van der Waals surface area contributed by atoms with E-state index in [9.17, 15) is 13.2 Å². The molecule has 1 heterocycles. The first kappa shape index (κ1) is 9.17. The Kier molecular flexibility index (Phi) is 1.83. The molecular formula is C8H8N2O3S. The van der Waals surface area contributed by atoms with Gasteiger partial charge in [-0.1, -0.05) is 6.07 Å². The molecule has 3 N–H and O–H groups in total. The summed E-state index contributed by atoms with van der Waals surface area (Å²) in [5.74, 6) is -0.259. The molecular weight excluding hydrogens is 204 g/mol. The lowest BCUT2D eigenvalue weighted by Crippen LogP contribution is -2.14. The van der Waals surface area contributed by atoms with Crippen molar-refractivity contribution in [3.05, 3.63) is 29.3 Å². The predicted octanol–water partition coefficient (Wildman–Crippen LogP) is -0.423. The highest BCUT2D eigenvalue weighted by molar-refractivity contribution is 7.89. The zero-order valence-electron chi connectivity index (χ0n) is 7.15. The number of hydrogen-bond donors (Lipinski definition) is 2. The summed E-state index contributed by atoms with van der Waals surface area (Å²) in [4.78, 5) is 11.2. The van der Waals surface area contributed by atoms with Crippen molar-refractivity contribution in [1.82, 2.24) is 5.32 Å². The largest absolute Gasteiger partial charge is 0.348 e. The monoisotopic (exact) mass is 212 g/mol. The van der Waals surface area contributed by atoms with Gasteiger partial charge in [0.05, 0.1) is 4.90 Å². The van der Waals surface area contributed by atoms with E-state index in [1.807, 2.05) is 0 Å². The minimum absolute atomic E-state index is 0.0340. The fraction of sp³-hybridized carbons (Fsp3) is 0.125.